The first-order chi connectivity index (χ1) is 16.1. The van der Waals surface area contributed by atoms with E-state index in [4.69, 9.17) is 4.74 Å². The fourth-order valence-electron chi connectivity index (χ4n) is 3.74. The van der Waals surface area contributed by atoms with Crippen LogP contribution >= 0.6 is 0 Å². The van der Waals surface area contributed by atoms with Crippen LogP contribution in [0.5, 0.6) is 5.75 Å². The summed E-state index contributed by atoms with van der Waals surface area (Å²) in [6.45, 7) is 2.80. The number of hydrogen-bond acceptors (Lipinski definition) is 4. The van der Waals surface area contributed by atoms with Gasteiger partial charge in [0.25, 0.3) is 5.56 Å². The van der Waals surface area contributed by atoms with Gasteiger partial charge in [-0.15, -0.1) is 0 Å². The topological polar surface area (TPSA) is 78.2 Å². The Bertz CT molecular complexity index is 1440. The molecule has 0 saturated carbocycles. The Kier molecular flexibility index (Phi) is 5.90. The van der Waals surface area contributed by atoms with E-state index in [9.17, 15) is 22.8 Å². The van der Waals surface area contributed by atoms with Gasteiger partial charge in [0.15, 0.2) is 0 Å². The van der Waals surface area contributed by atoms with Crippen molar-refractivity contribution in [2.75, 3.05) is 12.4 Å². The van der Waals surface area contributed by atoms with E-state index in [0.29, 0.717) is 23.2 Å². The summed E-state index contributed by atoms with van der Waals surface area (Å²) in [5, 5.41) is 6.70. The average molecular weight is 470 g/mol. The molecule has 0 aliphatic carbocycles. The number of carbonyl (C=O) groups excluding carboxylic acids is 1. The number of fused-ring (bicyclic) bond motifs is 1. The lowest BCUT2D eigenvalue weighted by atomic mass is 10.1. The smallest absolute Gasteiger partial charge is 0.417 e. The van der Waals surface area contributed by atoms with Crippen LogP contribution in [0.15, 0.2) is 59.4 Å². The minimum absolute atomic E-state index is 0.0878. The molecule has 0 aliphatic rings. The number of amides is 1. The van der Waals surface area contributed by atoms with E-state index in [1.807, 2.05) is 6.92 Å². The molecule has 0 saturated heterocycles. The number of hydrogen-bond donors (Lipinski definition) is 1. The van der Waals surface area contributed by atoms with E-state index in [0.717, 1.165) is 10.1 Å². The van der Waals surface area contributed by atoms with E-state index < -0.39 is 29.8 Å². The van der Waals surface area contributed by atoms with E-state index in [1.54, 1.807) is 48.5 Å². The number of aromatic nitrogens is 3. The number of ether oxygens (including phenoxy) is 1. The summed E-state index contributed by atoms with van der Waals surface area (Å²) in [5.74, 6) is -0.0781. The van der Waals surface area contributed by atoms with Crippen molar-refractivity contribution in [3.05, 3.63) is 81.8 Å². The highest BCUT2D eigenvalue weighted by molar-refractivity contribution is 5.92. The monoisotopic (exact) mass is 470 g/mol. The van der Waals surface area contributed by atoms with Crippen molar-refractivity contribution in [3.63, 3.8) is 0 Å². The summed E-state index contributed by atoms with van der Waals surface area (Å²) < 4.78 is 48.8. The Morgan fingerprint density at radius 1 is 1.09 bits per heavy atom. The van der Waals surface area contributed by atoms with Gasteiger partial charge in [0, 0.05) is 17.8 Å². The number of rotatable bonds is 5. The van der Waals surface area contributed by atoms with Crippen LogP contribution in [0.25, 0.3) is 16.7 Å². The fraction of sp³-hybridized carbons (Fsp3) is 0.208. The zero-order chi connectivity index (χ0) is 24.6. The third-order valence-corrected chi connectivity index (χ3v) is 5.33. The number of methoxy groups -OCH3 is 1. The molecule has 0 radical (unpaired) electrons. The first-order valence-corrected chi connectivity index (χ1v) is 10.3. The van der Waals surface area contributed by atoms with Crippen LogP contribution in [-0.2, 0) is 17.5 Å². The molecular weight excluding hydrogens is 449 g/mol. The van der Waals surface area contributed by atoms with Crippen molar-refractivity contribution in [2.24, 2.45) is 0 Å². The SMILES string of the molecule is COc1cccc(NC(=O)Cn2c(=O)cc(C(F)(F)F)c3c(C)nn(-c4ccc(C)cc4)c32)c1. The van der Waals surface area contributed by atoms with Gasteiger partial charge in [0.05, 0.1) is 29.4 Å². The van der Waals surface area contributed by atoms with Crippen LogP contribution in [0.4, 0.5) is 18.9 Å². The van der Waals surface area contributed by atoms with Gasteiger partial charge in [-0.25, -0.2) is 4.68 Å². The Hall–Kier alpha value is -4.08. The Morgan fingerprint density at radius 2 is 1.79 bits per heavy atom. The normalized spacial score (nSPS) is 11.6. The molecule has 7 nitrogen and oxygen atoms in total. The van der Waals surface area contributed by atoms with Gasteiger partial charge < -0.3 is 10.1 Å². The predicted octanol–water partition coefficient (Wildman–Crippen LogP) is 4.47. The van der Waals surface area contributed by atoms with E-state index in [2.05, 4.69) is 10.4 Å². The fourth-order valence-corrected chi connectivity index (χ4v) is 3.74. The van der Waals surface area contributed by atoms with Crippen LogP contribution in [0.1, 0.15) is 16.8 Å². The number of carbonyl (C=O) groups is 1. The zero-order valence-corrected chi connectivity index (χ0v) is 18.6. The van der Waals surface area contributed by atoms with Crippen molar-refractivity contribution in [1.29, 1.82) is 0 Å². The lowest BCUT2D eigenvalue weighted by Gasteiger charge is -2.15. The van der Waals surface area contributed by atoms with Crippen LogP contribution in [0.2, 0.25) is 0 Å². The summed E-state index contributed by atoms with van der Waals surface area (Å²) >= 11 is 0. The van der Waals surface area contributed by atoms with Gasteiger partial charge in [-0.2, -0.15) is 18.3 Å². The van der Waals surface area contributed by atoms with Gasteiger partial charge in [-0.3, -0.25) is 14.2 Å². The van der Waals surface area contributed by atoms with Gasteiger partial charge in [-0.05, 0) is 38.1 Å². The predicted molar refractivity (Wildman–Crippen MR) is 121 cm³/mol. The molecular formula is C24H21F3N4O3. The molecule has 2 heterocycles. The maximum absolute atomic E-state index is 13.8. The van der Waals surface area contributed by atoms with Crippen molar-refractivity contribution in [1.82, 2.24) is 14.3 Å². The Morgan fingerprint density at radius 3 is 2.44 bits per heavy atom. The van der Waals surface area contributed by atoms with Crippen molar-refractivity contribution in [2.45, 2.75) is 26.6 Å². The van der Waals surface area contributed by atoms with Crippen LogP contribution in [0, 0.1) is 13.8 Å². The molecule has 1 N–H and O–H groups in total. The molecule has 34 heavy (non-hydrogen) atoms. The number of nitrogens with one attached hydrogen (secondary N) is 1. The van der Waals surface area contributed by atoms with Gasteiger partial charge >= 0.3 is 6.18 Å². The molecule has 10 heteroatoms. The highest BCUT2D eigenvalue weighted by Gasteiger charge is 2.36. The molecule has 0 aliphatic heterocycles. The quantitative estimate of drug-likeness (QED) is 0.467. The lowest BCUT2D eigenvalue weighted by Crippen LogP contribution is -2.30. The highest BCUT2D eigenvalue weighted by atomic mass is 19.4. The number of benzene rings is 2. The molecule has 1 amide bonds. The molecule has 2 aromatic carbocycles. The van der Waals surface area contributed by atoms with Crippen LogP contribution in [0.3, 0.4) is 0 Å². The molecule has 176 valence electrons. The van der Waals surface area contributed by atoms with Crippen molar-refractivity contribution < 1.29 is 22.7 Å². The number of nitrogens with zero attached hydrogens (tertiary/aromatic N) is 3. The lowest BCUT2D eigenvalue weighted by molar-refractivity contribution is -0.136. The summed E-state index contributed by atoms with van der Waals surface area (Å²) in [6.07, 6.45) is -4.77. The number of anilines is 1. The summed E-state index contributed by atoms with van der Waals surface area (Å²) in [6, 6.07) is 14.0. The van der Waals surface area contributed by atoms with E-state index >= 15 is 0 Å². The molecule has 0 fully saturated rings. The summed E-state index contributed by atoms with van der Waals surface area (Å²) in [5.41, 5.74) is -0.246. The standard InChI is InChI=1S/C24H21F3N4O3/c1-14-7-9-17(10-8-14)31-23-22(15(2)29-31)19(24(25,26)27)12-21(33)30(23)13-20(32)28-16-5-4-6-18(11-16)34-3/h4-12H,13H2,1-3H3,(H,28,32). The van der Waals surface area contributed by atoms with Gasteiger partial charge in [0.1, 0.15) is 17.9 Å². The zero-order valence-electron chi connectivity index (χ0n) is 18.6. The average Bonchev–Trinajstić information content (AvgIpc) is 3.12. The summed E-state index contributed by atoms with van der Waals surface area (Å²) in [7, 11) is 1.48. The maximum atomic E-state index is 13.8. The highest BCUT2D eigenvalue weighted by Crippen LogP contribution is 2.36. The molecule has 4 rings (SSSR count). The number of alkyl halides is 3. The second kappa shape index (κ2) is 8.69. The van der Waals surface area contributed by atoms with E-state index in [1.165, 1.54) is 18.7 Å². The molecule has 4 aromatic rings. The first kappa shape index (κ1) is 23.1. The van der Waals surface area contributed by atoms with E-state index in [-0.39, 0.29) is 16.7 Å². The molecule has 0 unspecified atom stereocenters. The second-order valence-electron chi connectivity index (χ2n) is 7.79. The largest absolute Gasteiger partial charge is 0.497 e. The van der Waals surface area contributed by atoms with Gasteiger partial charge in [-0.1, -0.05) is 23.8 Å². The third-order valence-electron chi connectivity index (χ3n) is 5.33. The van der Waals surface area contributed by atoms with Crippen molar-refractivity contribution in [3.8, 4) is 11.4 Å². The second-order valence-corrected chi connectivity index (χ2v) is 7.79. The minimum Gasteiger partial charge on any atom is -0.497 e. The Balaban J connectivity index is 1.87. The third kappa shape index (κ3) is 4.39. The molecule has 0 spiro atoms. The van der Waals surface area contributed by atoms with Crippen LogP contribution < -0.4 is 15.6 Å². The minimum atomic E-state index is -4.77. The molecule has 0 atom stereocenters. The first-order valence-electron chi connectivity index (χ1n) is 10.3. The number of aryl methyl sites for hydroxylation is 2. The number of halogens is 3. The molecule has 2 aromatic heterocycles. The summed E-state index contributed by atoms with van der Waals surface area (Å²) in [4.78, 5) is 25.7. The number of pyridine rings is 1. The molecule has 0 bridgehead atoms. The Labute approximate surface area is 192 Å². The van der Waals surface area contributed by atoms with Crippen LogP contribution in [-0.4, -0.2) is 27.4 Å². The maximum Gasteiger partial charge on any atom is 0.417 e. The van der Waals surface area contributed by atoms with Crippen molar-refractivity contribution >= 4 is 22.6 Å². The van der Waals surface area contributed by atoms with Gasteiger partial charge in [0.2, 0.25) is 5.91 Å².